The van der Waals surface area contributed by atoms with Crippen LogP contribution in [0.15, 0.2) is 35.1 Å². The van der Waals surface area contributed by atoms with Crippen molar-refractivity contribution >= 4 is 51.5 Å². The predicted octanol–water partition coefficient (Wildman–Crippen LogP) is 2.68. The zero-order valence-corrected chi connectivity index (χ0v) is 21.9. The van der Waals surface area contributed by atoms with Gasteiger partial charge in [0.25, 0.3) is 11.5 Å². The molecule has 200 valence electrons. The second-order valence-electron chi connectivity index (χ2n) is 9.70. The van der Waals surface area contributed by atoms with Crippen LogP contribution in [0.4, 0.5) is 10.1 Å². The lowest BCUT2D eigenvalue weighted by molar-refractivity contribution is -0.131. The van der Waals surface area contributed by atoms with Gasteiger partial charge < -0.3 is 30.9 Å². The maximum Gasteiger partial charge on any atom is 0.270 e. The summed E-state index contributed by atoms with van der Waals surface area (Å²) >= 11 is 12.5. The number of carbonyl (C=O) groups is 2. The third-order valence-corrected chi connectivity index (χ3v) is 7.75. The molecule has 2 amide bonds. The fraction of sp³-hybridized carbons (Fsp3) is 0.346. The molecule has 1 aromatic heterocycles. The van der Waals surface area contributed by atoms with Crippen LogP contribution in [0.3, 0.4) is 0 Å². The van der Waals surface area contributed by atoms with Gasteiger partial charge in [-0.2, -0.15) is 0 Å². The Morgan fingerprint density at radius 3 is 2.68 bits per heavy atom. The molecule has 38 heavy (non-hydrogen) atoms. The van der Waals surface area contributed by atoms with E-state index in [-0.39, 0.29) is 48.4 Å². The van der Waals surface area contributed by atoms with Gasteiger partial charge in [0.1, 0.15) is 11.5 Å². The topological polar surface area (TPSA) is 132 Å². The van der Waals surface area contributed by atoms with Crippen LogP contribution in [-0.4, -0.2) is 70.0 Å². The number of aromatic amines is 1. The van der Waals surface area contributed by atoms with Gasteiger partial charge in [-0.1, -0.05) is 23.2 Å². The van der Waals surface area contributed by atoms with Crippen molar-refractivity contribution in [1.82, 2.24) is 14.8 Å². The minimum atomic E-state index is -0.849. The number of H-pyrrole nitrogens is 1. The average Bonchev–Trinajstić information content (AvgIpc) is 3.20. The molecule has 1 saturated heterocycles. The number of anilines is 1. The number of amides is 2. The molecular formula is C26H26Cl2FN5O4. The predicted molar refractivity (Wildman–Crippen MR) is 143 cm³/mol. The highest BCUT2D eigenvalue weighted by Gasteiger charge is 2.33. The number of likely N-dealkylation sites (tertiary alicyclic amines) is 1. The average molecular weight is 562 g/mol. The Morgan fingerprint density at radius 1 is 1.21 bits per heavy atom. The molecular weight excluding hydrogens is 536 g/mol. The number of nitrogens with one attached hydrogen (secondary N) is 2. The Morgan fingerprint density at radius 2 is 1.97 bits per heavy atom. The molecule has 9 nitrogen and oxygen atoms in total. The van der Waals surface area contributed by atoms with E-state index in [2.05, 4.69) is 10.3 Å². The summed E-state index contributed by atoms with van der Waals surface area (Å²) in [6, 6.07) is 6.54. The zero-order chi connectivity index (χ0) is 27.3. The van der Waals surface area contributed by atoms with Gasteiger partial charge in [0.05, 0.1) is 29.8 Å². The molecule has 3 heterocycles. The van der Waals surface area contributed by atoms with E-state index in [1.165, 1.54) is 17.0 Å². The largest absolute Gasteiger partial charge is 0.390 e. The number of aromatic nitrogens is 1. The number of aliphatic hydroxyl groups excluding tert-OH is 1. The highest BCUT2D eigenvalue weighted by atomic mass is 35.5. The number of rotatable bonds is 4. The molecule has 5 N–H and O–H groups in total. The normalized spacial score (nSPS) is 21.1. The number of benzene rings is 2. The number of aliphatic hydroxyl groups is 1. The van der Waals surface area contributed by atoms with Crippen LogP contribution in [0, 0.1) is 5.82 Å². The van der Waals surface area contributed by atoms with E-state index in [4.69, 9.17) is 28.9 Å². The number of pyridine rings is 1. The van der Waals surface area contributed by atoms with Gasteiger partial charge in [-0.3, -0.25) is 14.4 Å². The molecule has 0 saturated carbocycles. The summed E-state index contributed by atoms with van der Waals surface area (Å²) in [6.45, 7) is 2.35. The zero-order valence-electron chi connectivity index (χ0n) is 20.4. The van der Waals surface area contributed by atoms with E-state index in [0.717, 1.165) is 17.2 Å². The van der Waals surface area contributed by atoms with Gasteiger partial charge >= 0.3 is 0 Å². The van der Waals surface area contributed by atoms with Gasteiger partial charge in [-0.15, -0.1) is 0 Å². The number of carbonyl (C=O) groups excluding carboxylic acids is 2. The summed E-state index contributed by atoms with van der Waals surface area (Å²) in [7, 11) is 0. The third kappa shape index (κ3) is 4.84. The molecule has 0 spiro atoms. The number of halogens is 3. The Bertz CT molecular complexity index is 1500. The van der Waals surface area contributed by atoms with Crippen molar-refractivity contribution in [1.29, 1.82) is 0 Å². The van der Waals surface area contributed by atoms with Crippen molar-refractivity contribution in [2.24, 2.45) is 5.73 Å². The minimum absolute atomic E-state index is 0.00442. The molecule has 3 atom stereocenters. The second kappa shape index (κ2) is 10.2. The first-order valence-electron chi connectivity index (χ1n) is 12.1. The number of β-amino-alcohol motifs (C(OH)–C–C–N with tert-alkyl or cyclic N) is 1. The van der Waals surface area contributed by atoms with Crippen LogP contribution in [0.1, 0.15) is 34.6 Å². The molecule has 1 unspecified atom stereocenters. The first kappa shape index (κ1) is 26.4. The molecule has 2 aromatic carbocycles. The number of hydrogen-bond donors (Lipinski definition) is 4. The molecule has 0 bridgehead atoms. The number of nitrogens with two attached hydrogens (primary N) is 1. The van der Waals surface area contributed by atoms with Crippen molar-refractivity contribution in [2.75, 3.05) is 31.5 Å². The molecule has 3 aromatic rings. The van der Waals surface area contributed by atoms with Crippen molar-refractivity contribution in [3.05, 3.63) is 73.4 Å². The lowest BCUT2D eigenvalue weighted by Gasteiger charge is -2.36. The molecule has 2 aliphatic heterocycles. The summed E-state index contributed by atoms with van der Waals surface area (Å²) in [5.74, 6) is -1.46. The van der Waals surface area contributed by atoms with Gasteiger partial charge in [-0.05, 0) is 60.2 Å². The smallest absolute Gasteiger partial charge is 0.270 e. The van der Waals surface area contributed by atoms with Crippen molar-refractivity contribution in [2.45, 2.75) is 31.5 Å². The Balaban J connectivity index is 1.35. The summed E-state index contributed by atoms with van der Waals surface area (Å²) in [6.07, 6.45) is -0.257. The van der Waals surface area contributed by atoms with Crippen LogP contribution in [0.25, 0.3) is 10.8 Å². The van der Waals surface area contributed by atoms with Gasteiger partial charge in [-0.25, -0.2) is 4.39 Å². The summed E-state index contributed by atoms with van der Waals surface area (Å²) in [5, 5.41) is 14.1. The van der Waals surface area contributed by atoms with Crippen LogP contribution < -0.4 is 16.6 Å². The van der Waals surface area contributed by atoms with Crippen LogP contribution >= 0.6 is 23.2 Å². The fourth-order valence-corrected chi connectivity index (χ4v) is 5.90. The van der Waals surface area contributed by atoms with E-state index in [9.17, 15) is 23.9 Å². The second-order valence-corrected chi connectivity index (χ2v) is 10.5. The number of nitrogens with zero attached hydrogens (tertiary/aromatic N) is 2. The van der Waals surface area contributed by atoms with Crippen molar-refractivity contribution in [3.8, 4) is 0 Å². The van der Waals surface area contributed by atoms with E-state index < -0.39 is 29.4 Å². The third-order valence-electron chi connectivity index (χ3n) is 7.22. The fourth-order valence-electron chi connectivity index (χ4n) is 5.20. The lowest BCUT2D eigenvalue weighted by Crippen LogP contribution is -2.42. The highest BCUT2D eigenvalue weighted by Crippen LogP contribution is 2.37. The molecule has 1 fully saturated rings. The number of fused-ring (bicyclic) bond motifs is 2. The van der Waals surface area contributed by atoms with Gasteiger partial charge in [0.15, 0.2) is 0 Å². The molecule has 12 heteroatoms. The minimum Gasteiger partial charge on any atom is -0.390 e. The molecule has 5 rings (SSSR count). The summed E-state index contributed by atoms with van der Waals surface area (Å²) < 4.78 is 14.9. The molecule has 0 radical (unpaired) electrons. The first-order valence-corrected chi connectivity index (χ1v) is 12.9. The highest BCUT2D eigenvalue weighted by molar-refractivity contribution is 6.35. The van der Waals surface area contributed by atoms with E-state index in [1.54, 1.807) is 11.0 Å². The van der Waals surface area contributed by atoms with Crippen LogP contribution in [-0.2, 0) is 11.2 Å². The van der Waals surface area contributed by atoms with Gasteiger partial charge in [0.2, 0.25) is 5.91 Å². The maximum atomic E-state index is 14.9. The molecule has 0 aliphatic carbocycles. The monoisotopic (exact) mass is 561 g/mol. The SMILES string of the molecule is CC1c2c(Cl)cc(Cl)cc2CCN1C(=O)CNc1cc2cc(C(=O)N3C[C@@H](N)[C@H](O)C3)[nH]c(=O)c2cc1F. The maximum absolute atomic E-state index is 14.9. The van der Waals surface area contributed by atoms with Crippen LogP contribution in [0.2, 0.25) is 10.0 Å². The van der Waals surface area contributed by atoms with E-state index in [1.807, 2.05) is 13.0 Å². The van der Waals surface area contributed by atoms with Gasteiger partial charge in [0, 0.05) is 35.7 Å². The quantitative estimate of drug-likeness (QED) is 0.387. The first-order chi connectivity index (χ1) is 18.0. The Hall–Kier alpha value is -3.18. The Kier molecular flexibility index (Phi) is 7.08. The lowest BCUT2D eigenvalue weighted by atomic mass is 9.93. The van der Waals surface area contributed by atoms with E-state index in [0.29, 0.717) is 28.4 Å². The van der Waals surface area contributed by atoms with E-state index >= 15 is 0 Å². The van der Waals surface area contributed by atoms with Crippen molar-refractivity contribution < 1.29 is 19.1 Å². The standard InChI is InChI=1S/C26H26Cl2FN5O4/c1-12-24-13(4-15(27)7-17(24)28)2-3-34(12)23(36)9-31-20-5-14-6-21(32-25(37)16(14)8-18(20)29)26(38)33-10-19(30)22(35)11-33/h4-8,12,19,22,31,35H,2-3,9-11,30H2,1H3,(H,32,37)/t12?,19-,22-/m1/s1. The summed E-state index contributed by atoms with van der Waals surface area (Å²) in [5.41, 5.74) is 7.01. The summed E-state index contributed by atoms with van der Waals surface area (Å²) in [4.78, 5) is 44.1. The van der Waals surface area contributed by atoms with Crippen molar-refractivity contribution in [3.63, 3.8) is 0 Å². The van der Waals surface area contributed by atoms with Crippen LogP contribution in [0.5, 0.6) is 0 Å². The number of hydrogen-bond acceptors (Lipinski definition) is 6. The molecule has 2 aliphatic rings. The Labute approximate surface area is 227 Å².